The molecule has 5 rings (SSSR count). The summed E-state index contributed by atoms with van der Waals surface area (Å²) in [6.45, 7) is 2.96. The van der Waals surface area contributed by atoms with Crippen LogP contribution >= 0.6 is 11.3 Å². The van der Waals surface area contributed by atoms with Crippen LogP contribution in [0.15, 0.2) is 71.3 Å². The molecule has 4 aromatic rings. The Morgan fingerprint density at radius 2 is 1.96 bits per heavy atom. The number of nitriles is 1. The second-order valence-electron chi connectivity index (χ2n) is 11.4. The molecule has 1 unspecified atom stereocenters. The Morgan fingerprint density at radius 3 is 2.70 bits per heavy atom. The number of thiazole rings is 1. The van der Waals surface area contributed by atoms with Crippen LogP contribution in [0.2, 0.25) is 0 Å². The van der Waals surface area contributed by atoms with Gasteiger partial charge in [-0.05, 0) is 50.4 Å². The van der Waals surface area contributed by atoms with Crippen LogP contribution in [0.5, 0.6) is 0 Å². The summed E-state index contributed by atoms with van der Waals surface area (Å²) in [5.74, 6) is -2.68. The number of esters is 1. The fraction of sp³-hybridized carbons (Fsp3) is 0.294. The molecule has 0 bridgehead atoms. The molecular weight excluding hydrogens is 670 g/mol. The van der Waals surface area contributed by atoms with Crippen molar-refractivity contribution in [3.05, 3.63) is 99.5 Å². The number of halogens is 2. The fourth-order valence-electron chi connectivity index (χ4n) is 5.17. The Hall–Kier alpha value is -5.50. The molecule has 3 heterocycles. The van der Waals surface area contributed by atoms with Crippen LogP contribution in [0.4, 0.5) is 19.4 Å². The number of pyridine rings is 1. The minimum Gasteiger partial charge on any atom is -0.460 e. The second kappa shape index (κ2) is 15.8. The third-order valence-corrected chi connectivity index (χ3v) is 9.02. The van der Waals surface area contributed by atoms with Crippen molar-refractivity contribution in [3.8, 4) is 17.3 Å². The topological polar surface area (TPSA) is 165 Å². The Balaban J connectivity index is 1.27. The number of nitrogens with zero attached hydrogens (tertiary/aromatic N) is 6. The fourth-order valence-corrected chi connectivity index (χ4v) is 6.14. The summed E-state index contributed by atoms with van der Waals surface area (Å²) < 4.78 is 40.5. The normalized spacial score (nSPS) is 14.8. The number of hydrazone groups is 1. The van der Waals surface area contributed by atoms with Gasteiger partial charge in [-0.15, -0.1) is 11.3 Å². The summed E-state index contributed by atoms with van der Waals surface area (Å²) in [6, 6.07) is 15.1. The zero-order valence-electron chi connectivity index (χ0n) is 27.3. The molecule has 1 aliphatic rings. The maximum absolute atomic E-state index is 15.3. The van der Waals surface area contributed by atoms with Crippen molar-refractivity contribution in [2.24, 2.45) is 5.10 Å². The highest BCUT2D eigenvalue weighted by Crippen LogP contribution is 2.41. The SMILES string of the molecule is CNCC(=O)OCc1cccnc1NC(=O)OC(C)N1C=NN(C[C@](O)(c2cc(F)ccc2F)[C@@H](C)c2nc(-c3ccc(C#N)cc3)cs2)C1. The summed E-state index contributed by atoms with van der Waals surface area (Å²) in [4.78, 5) is 35.0. The largest absolute Gasteiger partial charge is 0.460 e. The summed E-state index contributed by atoms with van der Waals surface area (Å²) in [6.07, 6.45) is 1.19. The highest BCUT2D eigenvalue weighted by molar-refractivity contribution is 7.10. The van der Waals surface area contributed by atoms with Crippen molar-refractivity contribution >= 4 is 35.6 Å². The summed E-state index contributed by atoms with van der Waals surface area (Å²) in [5.41, 5.74) is 0.0386. The lowest BCUT2D eigenvalue weighted by atomic mass is 9.81. The average Bonchev–Trinajstić information content (AvgIpc) is 3.79. The number of anilines is 1. The van der Waals surface area contributed by atoms with Crippen molar-refractivity contribution in [2.75, 3.05) is 32.1 Å². The maximum atomic E-state index is 15.3. The quantitative estimate of drug-likeness (QED) is 0.165. The molecule has 0 radical (unpaired) electrons. The number of benzene rings is 2. The molecule has 1 aliphatic heterocycles. The number of likely N-dealkylation sites (N-methyl/N-ethyl adjacent to an activating group) is 1. The van der Waals surface area contributed by atoms with Gasteiger partial charge in [0.05, 0.1) is 35.4 Å². The number of carbonyl (C=O) groups excluding carboxylic acids is 2. The second-order valence-corrected chi connectivity index (χ2v) is 12.3. The summed E-state index contributed by atoms with van der Waals surface area (Å²) in [5, 5.41) is 34.7. The van der Waals surface area contributed by atoms with E-state index in [2.05, 4.69) is 26.8 Å². The monoisotopic (exact) mass is 704 g/mol. The number of ether oxygens (including phenoxy) is 2. The Kier molecular flexibility index (Phi) is 11.3. The lowest BCUT2D eigenvalue weighted by molar-refractivity contribution is -0.143. The lowest BCUT2D eigenvalue weighted by Crippen LogP contribution is -2.45. The number of hydrogen-bond donors (Lipinski definition) is 3. The first-order valence-corrected chi connectivity index (χ1v) is 16.3. The maximum Gasteiger partial charge on any atom is 0.414 e. The first-order chi connectivity index (χ1) is 24.0. The molecule has 2 aromatic heterocycles. The van der Waals surface area contributed by atoms with Crippen LogP contribution in [0.1, 0.15) is 41.5 Å². The molecule has 0 saturated carbocycles. The van der Waals surface area contributed by atoms with Crippen molar-refractivity contribution in [1.82, 2.24) is 25.2 Å². The van der Waals surface area contributed by atoms with E-state index in [1.807, 2.05) is 0 Å². The van der Waals surface area contributed by atoms with Crippen molar-refractivity contribution in [3.63, 3.8) is 0 Å². The smallest absolute Gasteiger partial charge is 0.414 e. The Morgan fingerprint density at radius 1 is 1.18 bits per heavy atom. The molecule has 3 N–H and O–H groups in total. The van der Waals surface area contributed by atoms with E-state index in [0.29, 0.717) is 21.8 Å². The van der Waals surface area contributed by atoms with Gasteiger partial charge < -0.3 is 24.8 Å². The van der Waals surface area contributed by atoms with Crippen molar-refractivity contribution in [2.45, 2.75) is 38.2 Å². The molecule has 0 aliphatic carbocycles. The molecule has 16 heteroatoms. The number of carbonyl (C=O) groups is 2. The number of rotatable bonds is 13. The standard InChI is InChI=1S/C34H34F2N8O5S/c1-21(32-41-29(17-50-32)24-8-6-23(14-37)7-9-24)34(47,27-13-26(35)10-11-28(27)36)18-44-20-43(19-40-44)22(2)49-33(46)42-31-25(5-4-12-39-31)16-48-30(45)15-38-3/h4-13,17,19,21-22,38,47H,15-16,18,20H2,1-3H3,(H,39,42,46)/t21-,22?,34+/m0/s1. The summed E-state index contributed by atoms with van der Waals surface area (Å²) in [7, 11) is 1.61. The predicted molar refractivity (Wildman–Crippen MR) is 180 cm³/mol. The van der Waals surface area contributed by atoms with E-state index >= 15 is 4.39 Å². The zero-order valence-corrected chi connectivity index (χ0v) is 28.2. The van der Waals surface area contributed by atoms with Gasteiger partial charge in [-0.25, -0.2) is 23.5 Å². The highest BCUT2D eigenvalue weighted by atomic mass is 32.1. The van der Waals surface area contributed by atoms with E-state index in [1.165, 1.54) is 28.9 Å². The van der Waals surface area contributed by atoms with Crippen LogP contribution in [-0.2, 0) is 26.5 Å². The van der Waals surface area contributed by atoms with Gasteiger partial charge >= 0.3 is 12.1 Å². The van der Waals surface area contributed by atoms with Gasteiger partial charge in [0.1, 0.15) is 42.7 Å². The van der Waals surface area contributed by atoms with Gasteiger partial charge in [0.2, 0.25) is 0 Å². The van der Waals surface area contributed by atoms with Crippen LogP contribution in [-0.4, -0.2) is 76.4 Å². The van der Waals surface area contributed by atoms with E-state index in [0.717, 1.165) is 23.8 Å². The zero-order chi connectivity index (χ0) is 35.8. The van der Waals surface area contributed by atoms with E-state index < -0.39 is 41.4 Å². The third kappa shape index (κ3) is 8.37. The van der Waals surface area contributed by atoms with Crippen LogP contribution in [0.3, 0.4) is 0 Å². The molecule has 3 atom stereocenters. The van der Waals surface area contributed by atoms with Gasteiger partial charge in [-0.1, -0.05) is 25.1 Å². The van der Waals surface area contributed by atoms with E-state index in [-0.39, 0.29) is 37.7 Å². The first kappa shape index (κ1) is 35.8. The predicted octanol–water partition coefficient (Wildman–Crippen LogP) is 4.72. The van der Waals surface area contributed by atoms with Gasteiger partial charge in [-0.2, -0.15) is 10.4 Å². The molecular formula is C34H34F2N8O5S. The first-order valence-electron chi connectivity index (χ1n) is 15.4. The molecule has 1 amide bonds. The number of hydrogen-bond acceptors (Lipinski definition) is 13. The minimum atomic E-state index is -2.01. The van der Waals surface area contributed by atoms with Crippen LogP contribution in [0, 0.1) is 23.0 Å². The van der Waals surface area contributed by atoms with E-state index in [9.17, 15) is 19.1 Å². The van der Waals surface area contributed by atoms with Gasteiger partial charge in [0, 0.05) is 34.2 Å². The number of β-amino-alcohol motifs (C(OH)–C–C–N with tert-alkyl or cyclic N) is 1. The van der Waals surface area contributed by atoms with Crippen molar-refractivity contribution in [1.29, 1.82) is 5.26 Å². The Bertz CT molecular complexity index is 1900. The third-order valence-electron chi connectivity index (χ3n) is 7.99. The molecule has 260 valence electrons. The number of aromatic nitrogens is 2. The number of nitrogens with one attached hydrogen (secondary N) is 2. The van der Waals surface area contributed by atoms with Crippen LogP contribution < -0.4 is 10.6 Å². The number of amides is 1. The van der Waals surface area contributed by atoms with Crippen LogP contribution in [0.25, 0.3) is 11.3 Å². The van der Waals surface area contributed by atoms with Gasteiger partial charge in [0.15, 0.2) is 6.23 Å². The minimum absolute atomic E-state index is 0.0240. The lowest BCUT2D eigenvalue weighted by Gasteiger charge is -2.37. The van der Waals surface area contributed by atoms with E-state index in [4.69, 9.17) is 19.7 Å². The van der Waals surface area contributed by atoms with E-state index in [1.54, 1.807) is 67.6 Å². The summed E-state index contributed by atoms with van der Waals surface area (Å²) >= 11 is 1.26. The number of aliphatic hydroxyl groups is 1. The molecule has 0 saturated heterocycles. The van der Waals surface area contributed by atoms with Gasteiger partial charge in [-0.3, -0.25) is 15.1 Å². The molecule has 2 aromatic carbocycles. The average molecular weight is 705 g/mol. The molecule has 13 nitrogen and oxygen atoms in total. The molecule has 50 heavy (non-hydrogen) atoms. The van der Waals surface area contributed by atoms with Gasteiger partial charge in [0.25, 0.3) is 0 Å². The Labute approximate surface area is 290 Å². The molecule has 0 spiro atoms. The van der Waals surface area contributed by atoms with Crippen molar-refractivity contribution < 1.29 is 33.0 Å². The molecule has 0 fully saturated rings. The highest BCUT2D eigenvalue weighted by Gasteiger charge is 2.43.